The maximum absolute atomic E-state index is 11.5. The van der Waals surface area contributed by atoms with Gasteiger partial charge >= 0.3 is 6.61 Å². The molecule has 0 spiro atoms. The molecular weight excluding hydrogens is 188 g/mol. The Balaban J connectivity index is 0.00000121. The molecule has 0 saturated carbocycles. The highest BCUT2D eigenvalue weighted by Gasteiger charge is 2.14. The number of ether oxygens (including phenoxy) is 1. The van der Waals surface area contributed by atoms with Crippen LogP contribution in [0.3, 0.4) is 0 Å². The number of alkyl halides is 2. The van der Waals surface area contributed by atoms with Crippen molar-refractivity contribution in [1.29, 1.82) is 0 Å². The fourth-order valence-corrected chi connectivity index (χ4v) is 1.26. The minimum absolute atomic E-state index is 0. The van der Waals surface area contributed by atoms with E-state index < -0.39 is 6.61 Å². The van der Waals surface area contributed by atoms with E-state index in [0.717, 1.165) is 25.8 Å². The molecule has 0 amide bonds. The molecule has 5 heteroatoms. The first kappa shape index (κ1) is 12.1. The summed E-state index contributed by atoms with van der Waals surface area (Å²) in [6.07, 6.45) is 3.21. The van der Waals surface area contributed by atoms with Crippen molar-refractivity contribution in [3.63, 3.8) is 0 Å². The Labute approximate surface area is 77.1 Å². The highest BCUT2D eigenvalue weighted by molar-refractivity contribution is 5.85. The fraction of sp³-hybridized carbons (Fsp3) is 1.00. The molecule has 1 heterocycles. The molecule has 0 aromatic carbocycles. The van der Waals surface area contributed by atoms with Gasteiger partial charge in [-0.3, -0.25) is 0 Å². The highest BCUT2D eigenvalue weighted by Crippen LogP contribution is 2.08. The molecule has 0 aromatic rings. The highest BCUT2D eigenvalue weighted by atomic mass is 35.5. The van der Waals surface area contributed by atoms with Crippen LogP contribution in [0.2, 0.25) is 0 Å². The second kappa shape index (κ2) is 6.57. The molecule has 0 bridgehead atoms. The summed E-state index contributed by atoms with van der Waals surface area (Å²) in [5, 5.41) is 3.12. The van der Waals surface area contributed by atoms with E-state index in [9.17, 15) is 8.78 Å². The zero-order chi connectivity index (χ0) is 8.10. The maximum Gasteiger partial charge on any atom is 0.345 e. The number of nitrogens with one attached hydrogen (secondary N) is 1. The van der Waals surface area contributed by atoms with E-state index in [4.69, 9.17) is 0 Å². The van der Waals surface area contributed by atoms with E-state index in [0.29, 0.717) is 0 Å². The Kier molecular flexibility index (Phi) is 6.61. The van der Waals surface area contributed by atoms with E-state index in [2.05, 4.69) is 10.1 Å². The Morgan fingerprint density at radius 1 is 1.42 bits per heavy atom. The van der Waals surface area contributed by atoms with Gasteiger partial charge in [0, 0.05) is 6.04 Å². The van der Waals surface area contributed by atoms with Crippen LogP contribution in [0.15, 0.2) is 0 Å². The fourth-order valence-electron chi connectivity index (χ4n) is 1.26. The van der Waals surface area contributed by atoms with Crippen LogP contribution >= 0.6 is 12.4 Å². The molecule has 1 aliphatic heterocycles. The lowest BCUT2D eigenvalue weighted by Crippen LogP contribution is -2.38. The third-order valence-electron chi connectivity index (χ3n) is 1.84. The Morgan fingerprint density at radius 3 is 2.67 bits per heavy atom. The molecule has 0 aromatic heterocycles. The van der Waals surface area contributed by atoms with Gasteiger partial charge in [0.25, 0.3) is 0 Å². The number of hydrogen-bond donors (Lipinski definition) is 1. The van der Waals surface area contributed by atoms with Gasteiger partial charge in [-0.2, -0.15) is 8.78 Å². The predicted molar refractivity (Wildman–Crippen MR) is 44.8 cm³/mol. The molecule has 0 aliphatic carbocycles. The molecule has 74 valence electrons. The standard InChI is InChI=1S/C7H13F2NO.ClH/c8-7(9)11-5-6-3-1-2-4-10-6;/h6-7,10H,1-5H2;1H. The van der Waals surface area contributed by atoms with Gasteiger partial charge in [-0.05, 0) is 19.4 Å². The second-order valence-electron chi connectivity index (χ2n) is 2.74. The number of halogens is 3. The van der Waals surface area contributed by atoms with Gasteiger partial charge in [0.1, 0.15) is 0 Å². The minimum Gasteiger partial charge on any atom is -0.321 e. The molecule has 12 heavy (non-hydrogen) atoms. The first-order valence-electron chi connectivity index (χ1n) is 3.92. The van der Waals surface area contributed by atoms with Gasteiger partial charge < -0.3 is 10.1 Å². The monoisotopic (exact) mass is 201 g/mol. The van der Waals surface area contributed by atoms with Crippen molar-refractivity contribution in [2.24, 2.45) is 0 Å². The van der Waals surface area contributed by atoms with Crippen LogP contribution in [0.5, 0.6) is 0 Å². The summed E-state index contributed by atoms with van der Waals surface area (Å²) >= 11 is 0. The largest absolute Gasteiger partial charge is 0.345 e. The zero-order valence-corrected chi connectivity index (χ0v) is 7.58. The van der Waals surface area contributed by atoms with Gasteiger partial charge in [-0.15, -0.1) is 12.4 Å². The summed E-state index contributed by atoms with van der Waals surface area (Å²) in [5.74, 6) is 0. The number of hydrogen-bond acceptors (Lipinski definition) is 2. The number of rotatable bonds is 3. The summed E-state index contributed by atoms with van der Waals surface area (Å²) < 4.78 is 27.3. The van der Waals surface area contributed by atoms with Gasteiger partial charge in [-0.25, -0.2) is 0 Å². The van der Waals surface area contributed by atoms with E-state index in [1.54, 1.807) is 0 Å². The molecule has 1 fully saturated rings. The van der Waals surface area contributed by atoms with Crippen LogP contribution in [0.1, 0.15) is 19.3 Å². The molecule has 2 nitrogen and oxygen atoms in total. The Hall–Kier alpha value is 0.0700. The molecular formula is C7H14ClF2NO. The van der Waals surface area contributed by atoms with Crippen molar-refractivity contribution >= 4 is 12.4 Å². The van der Waals surface area contributed by atoms with Crippen LogP contribution in [0.4, 0.5) is 8.78 Å². The molecule has 1 saturated heterocycles. The molecule has 0 radical (unpaired) electrons. The van der Waals surface area contributed by atoms with E-state index >= 15 is 0 Å². The average molecular weight is 202 g/mol. The normalized spacial score (nSPS) is 23.8. The summed E-state index contributed by atoms with van der Waals surface area (Å²) in [6.45, 7) is -1.56. The van der Waals surface area contributed by atoms with Gasteiger partial charge in [0.05, 0.1) is 6.61 Å². The van der Waals surface area contributed by atoms with Crippen LogP contribution < -0.4 is 5.32 Å². The number of piperidine rings is 1. The summed E-state index contributed by atoms with van der Waals surface area (Å²) in [6, 6.07) is 0.137. The van der Waals surface area contributed by atoms with Crippen molar-refractivity contribution in [3.8, 4) is 0 Å². The predicted octanol–water partition coefficient (Wildman–Crippen LogP) is 1.79. The summed E-state index contributed by atoms with van der Waals surface area (Å²) in [5.41, 5.74) is 0. The Bertz CT molecular complexity index is 110. The van der Waals surface area contributed by atoms with Gasteiger partial charge in [0.2, 0.25) is 0 Å². The smallest absolute Gasteiger partial charge is 0.321 e. The summed E-state index contributed by atoms with van der Waals surface area (Å²) in [4.78, 5) is 0. The van der Waals surface area contributed by atoms with E-state index in [1.165, 1.54) is 0 Å². The van der Waals surface area contributed by atoms with Crippen molar-refractivity contribution in [3.05, 3.63) is 0 Å². The molecule has 1 rings (SSSR count). The maximum atomic E-state index is 11.5. The van der Waals surface area contributed by atoms with Gasteiger partial charge in [-0.1, -0.05) is 6.42 Å². The SMILES string of the molecule is Cl.FC(F)OCC1CCCCN1. The minimum atomic E-state index is -2.63. The lowest BCUT2D eigenvalue weighted by molar-refractivity contribution is -0.134. The second-order valence-corrected chi connectivity index (χ2v) is 2.74. The van der Waals surface area contributed by atoms with Crippen LogP contribution in [0.25, 0.3) is 0 Å². The van der Waals surface area contributed by atoms with Crippen molar-refractivity contribution in [2.45, 2.75) is 31.9 Å². The Morgan fingerprint density at radius 2 is 2.17 bits per heavy atom. The van der Waals surface area contributed by atoms with E-state index in [-0.39, 0.29) is 25.1 Å². The van der Waals surface area contributed by atoms with E-state index in [1.807, 2.05) is 0 Å². The average Bonchev–Trinajstić information content (AvgIpc) is 2.03. The van der Waals surface area contributed by atoms with Crippen LogP contribution in [0, 0.1) is 0 Å². The van der Waals surface area contributed by atoms with Crippen LogP contribution in [-0.4, -0.2) is 25.8 Å². The lowest BCUT2D eigenvalue weighted by Gasteiger charge is -2.22. The van der Waals surface area contributed by atoms with Crippen molar-refractivity contribution < 1.29 is 13.5 Å². The molecule has 1 unspecified atom stereocenters. The molecule has 1 N–H and O–H groups in total. The van der Waals surface area contributed by atoms with Crippen molar-refractivity contribution in [2.75, 3.05) is 13.2 Å². The van der Waals surface area contributed by atoms with Gasteiger partial charge in [0.15, 0.2) is 0 Å². The zero-order valence-electron chi connectivity index (χ0n) is 6.76. The lowest BCUT2D eigenvalue weighted by atomic mass is 10.1. The quantitative estimate of drug-likeness (QED) is 0.752. The summed E-state index contributed by atoms with van der Waals surface area (Å²) in [7, 11) is 0. The third-order valence-corrected chi connectivity index (χ3v) is 1.84. The van der Waals surface area contributed by atoms with Crippen molar-refractivity contribution in [1.82, 2.24) is 5.32 Å². The molecule has 1 atom stereocenters. The molecule has 1 aliphatic rings. The topological polar surface area (TPSA) is 21.3 Å². The first-order chi connectivity index (χ1) is 5.29. The van der Waals surface area contributed by atoms with Crippen LogP contribution in [-0.2, 0) is 4.74 Å². The third kappa shape index (κ3) is 4.85. The first-order valence-corrected chi connectivity index (χ1v) is 3.92.